The summed E-state index contributed by atoms with van der Waals surface area (Å²) in [7, 11) is 0. The summed E-state index contributed by atoms with van der Waals surface area (Å²) in [6.45, 7) is 0. The van der Waals surface area contributed by atoms with Crippen molar-refractivity contribution < 1.29 is 4.79 Å². The summed E-state index contributed by atoms with van der Waals surface area (Å²) in [6, 6.07) is 13.7. The first-order valence-electron chi connectivity index (χ1n) is 6.96. The van der Waals surface area contributed by atoms with E-state index >= 15 is 0 Å². The van der Waals surface area contributed by atoms with Gasteiger partial charge in [-0.1, -0.05) is 30.3 Å². The van der Waals surface area contributed by atoms with Crippen LogP contribution in [0.2, 0.25) is 0 Å². The maximum Gasteiger partial charge on any atom is 0.236 e. The van der Waals surface area contributed by atoms with Gasteiger partial charge in [0, 0.05) is 6.20 Å². The maximum absolute atomic E-state index is 12.7. The summed E-state index contributed by atoms with van der Waals surface area (Å²) in [5, 5.41) is 10.7. The fourth-order valence-electron chi connectivity index (χ4n) is 2.71. The van der Waals surface area contributed by atoms with Crippen LogP contribution in [0.3, 0.4) is 0 Å². The van der Waals surface area contributed by atoms with Gasteiger partial charge in [-0.3, -0.25) is 9.89 Å². The number of nitrogens with zero attached hydrogens (tertiary/aromatic N) is 2. The van der Waals surface area contributed by atoms with Crippen LogP contribution in [-0.4, -0.2) is 21.1 Å². The molecule has 5 nitrogen and oxygen atoms in total. The van der Waals surface area contributed by atoms with E-state index in [1.54, 1.807) is 6.20 Å². The van der Waals surface area contributed by atoms with E-state index in [0.717, 1.165) is 23.8 Å². The molecule has 1 aliphatic rings. The van der Waals surface area contributed by atoms with Gasteiger partial charge in [0.15, 0.2) is 5.65 Å². The number of H-pyrrole nitrogens is 1. The average molecular weight is 278 g/mol. The van der Waals surface area contributed by atoms with Crippen LogP contribution in [0.4, 0.5) is 5.82 Å². The van der Waals surface area contributed by atoms with Gasteiger partial charge in [-0.25, -0.2) is 4.98 Å². The minimum absolute atomic E-state index is 0.0168. The highest BCUT2D eigenvalue weighted by molar-refractivity contribution is 6.05. The van der Waals surface area contributed by atoms with Crippen molar-refractivity contribution in [3.63, 3.8) is 0 Å². The Bertz CT molecular complexity index is 805. The van der Waals surface area contributed by atoms with Crippen LogP contribution in [0, 0.1) is 0 Å². The van der Waals surface area contributed by atoms with E-state index in [9.17, 15) is 4.79 Å². The van der Waals surface area contributed by atoms with Crippen molar-refractivity contribution >= 4 is 22.8 Å². The highest BCUT2D eigenvalue weighted by Crippen LogP contribution is 2.49. The molecule has 21 heavy (non-hydrogen) atoms. The van der Waals surface area contributed by atoms with Gasteiger partial charge in [0.25, 0.3) is 0 Å². The van der Waals surface area contributed by atoms with Gasteiger partial charge in [-0.05, 0) is 30.5 Å². The van der Waals surface area contributed by atoms with E-state index in [4.69, 9.17) is 0 Å². The van der Waals surface area contributed by atoms with E-state index in [2.05, 4.69) is 20.5 Å². The Morgan fingerprint density at radius 3 is 2.71 bits per heavy atom. The largest absolute Gasteiger partial charge is 0.310 e. The monoisotopic (exact) mass is 278 g/mol. The molecular weight excluding hydrogens is 264 g/mol. The lowest BCUT2D eigenvalue weighted by Crippen LogP contribution is -2.28. The first kappa shape index (κ1) is 12.1. The first-order chi connectivity index (χ1) is 10.3. The number of aromatic nitrogens is 3. The average Bonchev–Trinajstić information content (AvgIpc) is 3.26. The number of fused-ring (bicyclic) bond motifs is 1. The lowest BCUT2D eigenvalue weighted by Gasteiger charge is -2.14. The molecule has 3 aromatic rings. The van der Waals surface area contributed by atoms with Crippen LogP contribution in [0.1, 0.15) is 18.4 Å². The van der Waals surface area contributed by atoms with Gasteiger partial charge in [0.05, 0.1) is 10.8 Å². The minimum Gasteiger partial charge on any atom is -0.310 e. The summed E-state index contributed by atoms with van der Waals surface area (Å²) in [4.78, 5) is 16.8. The van der Waals surface area contributed by atoms with Gasteiger partial charge in [-0.15, -0.1) is 0 Å². The molecule has 1 amide bonds. The van der Waals surface area contributed by atoms with Crippen molar-refractivity contribution in [2.45, 2.75) is 18.3 Å². The van der Waals surface area contributed by atoms with E-state index in [1.807, 2.05) is 42.5 Å². The predicted molar refractivity (Wildman–Crippen MR) is 79.9 cm³/mol. The number of nitrogens with one attached hydrogen (secondary N) is 2. The van der Waals surface area contributed by atoms with Crippen molar-refractivity contribution in [2.75, 3.05) is 5.32 Å². The molecule has 1 aromatic carbocycles. The summed E-state index contributed by atoms with van der Waals surface area (Å²) in [6.07, 6.45) is 3.45. The third kappa shape index (κ3) is 1.89. The third-order valence-electron chi connectivity index (χ3n) is 4.08. The Kier molecular flexibility index (Phi) is 2.54. The second kappa shape index (κ2) is 4.41. The molecule has 0 atom stereocenters. The van der Waals surface area contributed by atoms with Crippen LogP contribution in [0.15, 0.2) is 48.7 Å². The van der Waals surface area contributed by atoms with Gasteiger partial charge >= 0.3 is 0 Å². The Morgan fingerprint density at radius 2 is 1.95 bits per heavy atom. The van der Waals surface area contributed by atoms with Gasteiger partial charge < -0.3 is 5.32 Å². The lowest BCUT2D eigenvalue weighted by atomic mass is 9.95. The molecule has 0 radical (unpaired) electrons. The zero-order chi connectivity index (χ0) is 14.3. The van der Waals surface area contributed by atoms with Gasteiger partial charge in [0.1, 0.15) is 5.82 Å². The van der Waals surface area contributed by atoms with Crippen molar-refractivity contribution in [2.24, 2.45) is 0 Å². The zero-order valence-electron chi connectivity index (χ0n) is 11.3. The fraction of sp³-hybridized carbons (Fsp3) is 0.188. The molecule has 2 N–H and O–H groups in total. The normalized spacial score (nSPS) is 15.8. The number of pyridine rings is 1. The molecule has 0 saturated heterocycles. The zero-order valence-corrected chi connectivity index (χ0v) is 11.3. The van der Waals surface area contributed by atoms with Crippen molar-refractivity contribution in [1.82, 2.24) is 15.2 Å². The molecule has 2 aromatic heterocycles. The Hall–Kier alpha value is -2.69. The summed E-state index contributed by atoms with van der Waals surface area (Å²) >= 11 is 0. The molecule has 0 spiro atoms. The van der Waals surface area contributed by atoms with E-state index in [0.29, 0.717) is 11.5 Å². The number of carbonyl (C=O) groups is 1. The molecule has 0 aliphatic heterocycles. The van der Waals surface area contributed by atoms with Crippen molar-refractivity contribution in [3.05, 3.63) is 54.2 Å². The fourth-order valence-corrected chi connectivity index (χ4v) is 2.71. The van der Waals surface area contributed by atoms with Crippen LogP contribution in [0.25, 0.3) is 11.0 Å². The van der Waals surface area contributed by atoms with Crippen LogP contribution in [-0.2, 0) is 10.2 Å². The summed E-state index contributed by atoms with van der Waals surface area (Å²) in [5.41, 5.74) is 1.29. The number of rotatable bonds is 3. The summed E-state index contributed by atoms with van der Waals surface area (Å²) < 4.78 is 0. The molecular formula is C16H14N4O. The predicted octanol–water partition coefficient (Wildman–Crippen LogP) is 2.63. The number of anilines is 1. The first-order valence-corrected chi connectivity index (χ1v) is 6.96. The minimum atomic E-state index is -0.388. The van der Waals surface area contributed by atoms with E-state index in [1.165, 1.54) is 0 Å². The summed E-state index contributed by atoms with van der Waals surface area (Å²) in [5.74, 6) is 0.633. The number of hydrogen-bond donors (Lipinski definition) is 2. The van der Waals surface area contributed by atoms with Crippen LogP contribution >= 0.6 is 0 Å². The molecule has 4 rings (SSSR count). The topological polar surface area (TPSA) is 70.7 Å². The lowest BCUT2D eigenvalue weighted by molar-refractivity contribution is -0.118. The molecule has 104 valence electrons. The SMILES string of the molecule is O=C(Nc1[nH]nc2ncccc12)C1(c2ccccc2)CC1. The highest BCUT2D eigenvalue weighted by Gasteiger charge is 2.51. The quantitative estimate of drug-likeness (QED) is 0.773. The van der Waals surface area contributed by atoms with Gasteiger partial charge in [0.2, 0.25) is 5.91 Å². The number of amides is 1. The van der Waals surface area contributed by atoms with Crippen molar-refractivity contribution in [3.8, 4) is 0 Å². The van der Waals surface area contributed by atoms with Crippen molar-refractivity contribution in [1.29, 1.82) is 0 Å². The Morgan fingerprint density at radius 1 is 1.14 bits per heavy atom. The Balaban J connectivity index is 1.65. The number of aromatic amines is 1. The van der Waals surface area contributed by atoms with Crippen LogP contribution in [0.5, 0.6) is 0 Å². The molecule has 1 fully saturated rings. The molecule has 5 heteroatoms. The smallest absolute Gasteiger partial charge is 0.236 e. The van der Waals surface area contributed by atoms with Crippen LogP contribution < -0.4 is 5.32 Å². The molecule has 0 bridgehead atoms. The number of carbonyl (C=O) groups excluding carboxylic acids is 1. The second-order valence-corrected chi connectivity index (χ2v) is 5.38. The standard InChI is InChI=1S/C16H14N4O/c21-15(16(8-9-16)11-5-2-1-3-6-11)18-14-12-7-4-10-17-13(12)19-20-14/h1-7,10H,8-9H2,(H2,17,18,19,20,21). The third-order valence-corrected chi connectivity index (χ3v) is 4.08. The van der Waals surface area contributed by atoms with E-state index in [-0.39, 0.29) is 11.3 Å². The number of hydrogen-bond acceptors (Lipinski definition) is 3. The Labute approximate surface area is 121 Å². The molecule has 2 heterocycles. The molecule has 0 unspecified atom stereocenters. The molecule has 1 saturated carbocycles. The van der Waals surface area contributed by atoms with Gasteiger partial charge in [-0.2, -0.15) is 5.10 Å². The number of benzene rings is 1. The van der Waals surface area contributed by atoms with E-state index < -0.39 is 0 Å². The highest BCUT2D eigenvalue weighted by atomic mass is 16.2. The maximum atomic E-state index is 12.7. The second-order valence-electron chi connectivity index (χ2n) is 5.38. The molecule has 1 aliphatic carbocycles.